The molecule has 0 aliphatic rings. The number of rotatable bonds is 3. The van der Waals surface area contributed by atoms with Gasteiger partial charge in [-0.05, 0) is 66.0 Å². The van der Waals surface area contributed by atoms with Gasteiger partial charge in [-0.2, -0.15) is 0 Å². The Kier molecular flexibility index (Phi) is 5.22. The molecule has 0 atom stereocenters. The summed E-state index contributed by atoms with van der Waals surface area (Å²) in [4.78, 5) is 8.09. The van der Waals surface area contributed by atoms with E-state index in [1.807, 2.05) is 0 Å². The smallest absolute Gasteiger partial charge is 0.261 e. The van der Waals surface area contributed by atoms with E-state index >= 15 is 0 Å². The van der Waals surface area contributed by atoms with Crippen LogP contribution in [0.3, 0.4) is 0 Å². The van der Waals surface area contributed by atoms with E-state index in [4.69, 9.17) is 0 Å². The molecule has 1 heterocycles. The summed E-state index contributed by atoms with van der Waals surface area (Å²) in [6, 6.07) is 4.77. The Labute approximate surface area is 149 Å². The lowest BCUT2D eigenvalue weighted by atomic mass is 10.4. The van der Waals surface area contributed by atoms with Crippen LogP contribution in [-0.4, -0.2) is 18.4 Å². The van der Waals surface area contributed by atoms with Gasteiger partial charge in [0.2, 0.25) is 0 Å². The Hall–Kier alpha value is -0.0300. The molecular weight excluding hydrogens is 546 g/mol. The Morgan fingerprint density at radius 1 is 1.10 bits per heavy atom. The van der Waals surface area contributed by atoms with Crippen LogP contribution in [-0.2, 0) is 10.0 Å². The molecular formula is C10H5Br4N3O2S. The van der Waals surface area contributed by atoms with Gasteiger partial charge in [0, 0.05) is 8.95 Å². The van der Waals surface area contributed by atoms with Crippen LogP contribution in [0.25, 0.3) is 0 Å². The van der Waals surface area contributed by atoms with Crippen LogP contribution < -0.4 is 4.72 Å². The summed E-state index contributed by atoms with van der Waals surface area (Å²) in [5.74, 6) is 0.114. The average molecular weight is 551 g/mol. The molecule has 1 N–H and O–H groups in total. The number of hydrogen-bond acceptors (Lipinski definition) is 4. The fraction of sp³-hybridized carbons (Fsp3) is 0. The minimum absolute atomic E-state index is 0.109. The normalized spacial score (nSPS) is 11.4. The van der Waals surface area contributed by atoms with Crippen LogP contribution in [0, 0.1) is 0 Å². The van der Waals surface area contributed by atoms with Crippen molar-refractivity contribution in [1.82, 2.24) is 9.97 Å². The van der Waals surface area contributed by atoms with E-state index in [2.05, 4.69) is 78.4 Å². The van der Waals surface area contributed by atoms with Crippen LogP contribution in [0.2, 0.25) is 0 Å². The summed E-state index contributed by atoms with van der Waals surface area (Å²) in [5, 5.41) is 0. The van der Waals surface area contributed by atoms with Crippen molar-refractivity contribution in [1.29, 1.82) is 0 Å². The number of hydrogen-bond donors (Lipinski definition) is 1. The van der Waals surface area contributed by atoms with E-state index < -0.39 is 10.0 Å². The average Bonchev–Trinajstić information content (AvgIpc) is 2.32. The topological polar surface area (TPSA) is 72.0 Å². The Morgan fingerprint density at radius 2 is 1.80 bits per heavy atom. The van der Waals surface area contributed by atoms with Crippen LogP contribution >= 0.6 is 63.7 Å². The number of nitrogens with zero attached hydrogens (tertiary/aromatic N) is 2. The molecule has 1 aromatic heterocycles. The third kappa shape index (κ3) is 3.79. The molecule has 0 amide bonds. The van der Waals surface area contributed by atoms with Gasteiger partial charge in [-0.3, -0.25) is 4.72 Å². The first-order chi connectivity index (χ1) is 9.29. The van der Waals surface area contributed by atoms with Crippen molar-refractivity contribution in [3.05, 3.63) is 42.5 Å². The number of sulfonamides is 1. The lowest BCUT2D eigenvalue weighted by Crippen LogP contribution is -2.15. The molecule has 20 heavy (non-hydrogen) atoms. The lowest BCUT2D eigenvalue weighted by molar-refractivity contribution is 0.600. The van der Waals surface area contributed by atoms with Crippen LogP contribution in [0.1, 0.15) is 0 Å². The summed E-state index contributed by atoms with van der Waals surface area (Å²) in [6.07, 6.45) is 1.40. The predicted octanol–water partition coefficient (Wildman–Crippen LogP) is 4.33. The van der Waals surface area contributed by atoms with Gasteiger partial charge in [-0.15, -0.1) is 0 Å². The SMILES string of the molecule is O=S(=O)(Nc1ncc(Br)nc1Br)c1ccc(Br)cc1Br. The van der Waals surface area contributed by atoms with Crippen molar-refractivity contribution in [2.45, 2.75) is 4.90 Å². The predicted molar refractivity (Wildman–Crippen MR) is 90.1 cm³/mol. The summed E-state index contributed by atoms with van der Waals surface area (Å²) in [5.41, 5.74) is 0. The second-order valence-electron chi connectivity index (χ2n) is 3.51. The van der Waals surface area contributed by atoms with Gasteiger partial charge in [0.25, 0.3) is 10.0 Å². The van der Waals surface area contributed by atoms with Gasteiger partial charge in [-0.25, -0.2) is 18.4 Å². The molecule has 1 aromatic carbocycles. The summed E-state index contributed by atoms with van der Waals surface area (Å²) in [7, 11) is -3.76. The lowest BCUT2D eigenvalue weighted by Gasteiger charge is -2.10. The Bertz CT molecular complexity index is 767. The maximum Gasteiger partial charge on any atom is 0.264 e. The first-order valence-electron chi connectivity index (χ1n) is 4.95. The highest BCUT2D eigenvalue weighted by Crippen LogP contribution is 2.28. The van der Waals surface area contributed by atoms with Crippen molar-refractivity contribution >= 4 is 79.6 Å². The molecule has 5 nitrogen and oxygen atoms in total. The second-order valence-corrected chi connectivity index (χ2v) is 8.50. The number of nitrogens with one attached hydrogen (secondary N) is 1. The third-order valence-electron chi connectivity index (χ3n) is 2.12. The summed E-state index contributed by atoms with van der Waals surface area (Å²) < 4.78 is 29.0. The van der Waals surface area contributed by atoms with E-state index in [-0.39, 0.29) is 10.7 Å². The number of halogens is 4. The maximum absolute atomic E-state index is 12.3. The van der Waals surface area contributed by atoms with Gasteiger partial charge >= 0.3 is 0 Å². The first kappa shape index (κ1) is 16.3. The molecule has 0 bridgehead atoms. The van der Waals surface area contributed by atoms with Crippen molar-refractivity contribution in [3.63, 3.8) is 0 Å². The molecule has 0 spiro atoms. The van der Waals surface area contributed by atoms with E-state index in [1.54, 1.807) is 12.1 Å². The molecule has 0 saturated carbocycles. The molecule has 0 fully saturated rings. The van der Waals surface area contributed by atoms with Crippen LogP contribution in [0.15, 0.2) is 47.4 Å². The zero-order chi connectivity index (χ0) is 14.9. The quantitative estimate of drug-likeness (QED) is 0.618. The van der Waals surface area contributed by atoms with Gasteiger partial charge in [-0.1, -0.05) is 15.9 Å². The highest BCUT2D eigenvalue weighted by Gasteiger charge is 2.20. The largest absolute Gasteiger partial charge is 0.264 e. The highest BCUT2D eigenvalue weighted by atomic mass is 79.9. The minimum Gasteiger partial charge on any atom is -0.261 e. The highest BCUT2D eigenvalue weighted by molar-refractivity contribution is 9.11. The minimum atomic E-state index is -3.76. The molecule has 2 aromatic rings. The number of benzene rings is 1. The molecule has 0 aliphatic carbocycles. The van der Waals surface area contributed by atoms with Crippen LogP contribution in [0.5, 0.6) is 0 Å². The molecule has 106 valence electrons. The molecule has 0 unspecified atom stereocenters. The van der Waals surface area contributed by atoms with E-state index in [9.17, 15) is 8.42 Å². The number of aromatic nitrogens is 2. The van der Waals surface area contributed by atoms with Gasteiger partial charge in [0.05, 0.1) is 6.20 Å². The van der Waals surface area contributed by atoms with E-state index in [0.717, 1.165) is 4.47 Å². The molecule has 10 heteroatoms. The Balaban J connectivity index is 2.41. The maximum atomic E-state index is 12.3. The standard InChI is InChI=1S/C10H5Br4N3O2S/c11-5-1-2-7(6(12)3-5)20(18,19)17-10-9(14)16-8(13)4-15-10/h1-4H,(H,15,17). The third-order valence-corrected chi connectivity index (χ3v) is 5.86. The van der Waals surface area contributed by atoms with Crippen molar-refractivity contribution in [2.24, 2.45) is 0 Å². The Morgan fingerprint density at radius 3 is 2.40 bits per heavy atom. The van der Waals surface area contributed by atoms with Crippen molar-refractivity contribution in [3.8, 4) is 0 Å². The van der Waals surface area contributed by atoms with Crippen molar-refractivity contribution in [2.75, 3.05) is 4.72 Å². The second kappa shape index (κ2) is 6.39. The molecule has 0 radical (unpaired) electrons. The van der Waals surface area contributed by atoms with Gasteiger partial charge < -0.3 is 0 Å². The summed E-state index contributed by atoms with van der Waals surface area (Å²) in [6.45, 7) is 0. The van der Waals surface area contributed by atoms with E-state index in [1.165, 1.54) is 12.3 Å². The van der Waals surface area contributed by atoms with E-state index in [0.29, 0.717) is 13.7 Å². The zero-order valence-corrected chi connectivity index (χ0v) is 16.6. The fourth-order valence-corrected chi connectivity index (χ4v) is 5.10. The van der Waals surface area contributed by atoms with Gasteiger partial charge in [0.1, 0.15) is 9.50 Å². The molecule has 0 aliphatic heterocycles. The summed E-state index contributed by atoms with van der Waals surface area (Å²) >= 11 is 12.8. The molecule has 0 saturated heterocycles. The monoisotopic (exact) mass is 547 g/mol. The fourth-order valence-electron chi connectivity index (χ4n) is 1.29. The first-order valence-corrected chi connectivity index (χ1v) is 9.61. The van der Waals surface area contributed by atoms with Crippen molar-refractivity contribution < 1.29 is 8.42 Å². The van der Waals surface area contributed by atoms with Gasteiger partial charge in [0.15, 0.2) is 10.4 Å². The van der Waals surface area contributed by atoms with Crippen LogP contribution in [0.4, 0.5) is 5.82 Å². The zero-order valence-electron chi connectivity index (χ0n) is 9.44. The number of anilines is 1. The molecule has 2 rings (SSSR count).